The van der Waals surface area contributed by atoms with Crippen LogP contribution in [0.5, 0.6) is 0 Å². The predicted octanol–water partition coefficient (Wildman–Crippen LogP) is 14.3. The predicted molar refractivity (Wildman–Crippen MR) is 240 cm³/mol. The lowest BCUT2D eigenvalue weighted by Gasteiger charge is -2.15. The van der Waals surface area contributed by atoms with Gasteiger partial charge in [-0.05, 0) is 89.5 Å². The molecular weight excluding hydrogens is 691 g/mol. The Balaban J connectivity index is 1.09. The Morgan fingerprint density at radius 1 is 0.246 bits per heavy atom. The minimum Gasteiger partial charge on any atom is -0.309 e. The number of benzene rings is 9. The highest BCUT2D eigenvalue weighted by molar-refractivity contribution is 6.29. The van der Waals surface area contributed by atoms with Crippen molar-refractivity contribution < 1.29 is 0 Å². The van der Waals surface area contributed by atoms with E-state index in [-0.39, 0.29) is 0 Å². The minimum atomic E-state index is 1.15. The van der Waals surface area contributed by atoms with Crippen LogP contribution in [-0.2, 0) is 0 Å². The fraction of sp³-hybridized carbons (Fsp3) is 0. The monoisotopic (exact) mass is 725 g/mol. The molecule has 0 unspecified atom stereocenters. The molecule has 0 saturated heterocycles. The number of fused-ring (bicyclic) bond motifs is 10. The third-order valence-electron chi connectivity index (χ3n) is 11.8. The maximum atomic E-state index is 2.48. The first-order chi connectivity index (χ1) is 28.3. The van der Waals surface area contributed by atoms with Crippen LogP contribution in [0.1, 0.15) is 0 Å². The van der Waals surface area contributed by atoms with Gasteiger partial charge in [0, 0.05) is 49.3 Å². The zero-order valence-electron chi connectivity index (χ0n) is 31.0. The molecule has 0 atom stereocenters. The summed E-state index contributed by atoms with van der Waals surface area (Å²) in [5.41, 5.74) is 15.5. The van der Waals surface area contributed by atoms with Crippen molar-refractivity contribution >= 4 is 65.4 Å². The first kappa shape index (κ1) is 31.7. The van der Waals surface area contributed by atoms with Gasteiger partial charge in [0.2, 0.25) is 0 Å². The molecule has 3 heterocycles. The number of rotatable bonds is 5. The van der Waals surface area contributed by atoms with Gasteiger partial charge < -0.3 is 13.7 Å². The first-order valence-corrected chi connectivity index (χ1v) is 19.6. The Kier molecular flexibility index (Phi) is 6.93. The lowest BCUT2D eigenvalue weighted by atomic mass is 10.0. The Hall–Kier alpha value is -7.62. The van der Waals surface area contributed by atoms with E-state index in [2.05, 4.69) is 226 Å². The van der Waals surface area contributed by atoms with Crippen molar-refractivity contribution in [1.29, 1.82) is 0 Å². The molecule has 3 heteroatoms. The first-order valence-electron chi connectivity index (χ1n) is 19.6. The van der Waals surface area contributed by atoms with E-state index in [4.69, 9.17) is 0 Å². The van der Waals surface area contributed by atoms with Crippen molar-refractivity contribution in [3.8, 4) is 39.3 Å². The Bertz CT molecular complexity index is 3510. The van der Waals surface area contributed by atoms with Gasteiger partial charge in [0.05, 0.1) is 38.8 Å². The van der Waals surface area contributed by atoms with Gasteiger partial charge in [-0.25, -0.2) is 0 Å². The summed E-state index contributed by atoms with van der Waals surface area (Å²) < 4.78 is 7.31. The van der Waals surface area contributed by atoms with Crippen LogP contribution in [0.15, 0.2) is 212 Å². The molecule has 0 amide bonds. The van der Waals surface area contributed by atoms with E-state index in [1.165, 1.54) is 87.7 Å². The van der Waals surface area contributed by atoms with E-state index in [0.29, 0.717) is 0 Å². The molecule has 0 radical (unpaired) electrons. The number of para-hydroxylation sites is 5. The quantitative estimate of drug-likeness (QED) is 0.168. The van der Waals surface area contributed by atoms with Gasteiger partial charge >= 0.3 is 0 Å². The standard InChI is InChI=1S/C54H35N3/c1-3-16-36(17-4-1)37-18-15-21-40(34-37)56-47-27-12-8-23-42(47)45-35-38(30-31-50(45)56)41-22-7-11-26-46(41)57-49-29-14-10-25-44(49)54-52(57)33-32-51-53(54)43-24-9-13-28-48(43)55(51)39-19-5-2-6-20-39/h1-35H. The van der Waals surface area contributed by atoms with Crippen molar-refractivity contribution in [3.63, 3.8) is 0 Å². The average Bonchev–Trinajstić information content (AvgIpc) is 3.92. The summed E-state index contributed by atoms with van der Waals surface area (Å²) in [6.07, 6.45) is 0. The normalized spacial score (nSPS) is 11.9. The van der Waals surface area contributed by atoms with Crippen molar-refractivity contribution in [1.82, 2.24) is 13.7 Å². The molecule has 266 valence electrons. The lowest BCUT2D eigenvalue weighted by Crippen LogP contribution is -1.97. The van der Waals surface area contributed by atoms with Gasteiger partial charge in [0.1, 0.15) is 0 Å². The highest BCUT2D eigenvalue weighted by Gasteiger charge is 2.22. The van der Waals surface area contributed by atoms with Gasteiger partial charge in [-0.15, -0.1) is 0 Å². The maximum Gasteiger partial charge on any atom is 0.0549 e. The second kappa shape index (κ2) is 12.5. The van der Waals surface area contributed by atoms with Crippen molar-refractivity contribution in [2.75, 3.05) is 0 Å². The zero-order valence-corrected chi connectivity index (χ0v) is 31.0. The summed E-state index contributed by atoms with van der Waals surface area (Å²) in [4.78, 5) is 0. The van der Waals surface area contributed by atoms with Gasteiger partial charge in [-0.1, -0.05) is 140 Å². The highest BCUT2D eigenvalue weighted by Crippen LogP contribution is 2.44. The molecule has 3 aromatic heterocycles. The maximum absolute atomic E-state index is 2.48. The lowest BCUT2D eigenvalue weighted by molar-refractivity contribution is 1.17. The van der Waals surface area contributed by atoms with Crippen LogP contribution in [0.25, 0.3) is 105 Å². The molecule has 12 rings (SSSR count). The SMILES string of the molecule is c1ccc(-c2cccc(-n3c4ccccc4c4cc(-c5ccccc5-n5c6ccccc6c6c7c8ccccc8n(-c8ccccc8)c7ccc65)ccc43)c2)cc1. The smallest absolute Gasteiger partial charge is 0.0549 e. The van der Waals surface area contributed by atoms with Gasteiger partial charge in [0.15, 0.2) is 0 Å². The van der Waals surface area contributed by atoms with E-state index in [1.54, 1.807) is 0 Å². The van der Waals surface area contributed by atoms with Crippen LogP contribution in [0, 0.1) is 0 Å². The Labute approximate surface area is 329 Å². The molecule has 0 bridgehead atoms. The van der Waals surface area contributed by atoms with Crippen LogP contribution in [0.4, 0.5) is 0 Å². The summed E-state index contributed by atoms with van der Waals surface area (Å²) in [6, 6.07) is 77.3. The Morgan fingerprint density at radius 2 is 0.737 bits per heavy atom. The van der Waals surface area contributed by atoms with Gasteiger partial charge in [-0.3, -0.25) is 0 Å². The number of aromatic nitrogens is 3. The van der Waals surface area contributed by atoms with Crippen LogP contribution < -0.4 is 0 Å². The molecule has 0 aliphatic rings. The van der Waals surface area contributed by atoms with Gasteiger partial charge in [-0.2, -0.15) is 0 Å². The molecule has 0 spiro atoms. The molecule has 0 saturated carbocycles. The van der Waals surface area contributed by atoms with E-state index in [1.807, 2.05) is 0 Å². The molecular formula is C54H35N3. The molecule has 0 fully saturated rings. The number of hydrogen-bond acceptors (Lipinski definition) is 0. The number of hydrogen-bond donors (Lipinski definition) is 0. The summed E-state index contributed by atoms with van der Waals surface area (Å²) in [6.45, 7) is 0. The molecule has 0 aliphatic carbocycles. The molecule has 57 heavy (non-hydrogen) atoms. The van der Waals surface area contributed by atoms with Crippen LogP contribution in [0.3, 0.4) is 0 Å². The van der Waals surface area contributed by atoms with E-state index < -0.39 is 0 Å². The molecule has 12 aromatic rings. The van der Waals surface area contributed by atoms with Crippen LogP contribution in [-0.4, -0.2) is 13.7 Å². The van der Waals surface area contributed by atoms with E-state index >= 15 is 0 Å². The second-order valence-corrected chi connectivity index (χ2v) is 14.9. The fourth-order valence-electron chi connectivity index (χ4n) is 9.42. The summed E-state index contributed by atoms with van der Waals surface area (Å²) in [5.74, 6) is 0. The summed E-state index contributed by atoms with van der Waals surface area (Å²) >= 11 is 0. The number of nitrogens with zero attached hydrogens (tertiary/aromatic N) is 3. The van der Waals surface area contributed by atoms with Crippen molar-refractivity contribution in [2.24, 2.45) is 0 Å². The third kappa shape index (κ3) is 4.73. The van der Waals surface area contributed by atoms with E-state index in [0.717, 1.165) is 17.1 Å². The summed E-state index contributed by atoms with van der Waals surface area (Å²) in [5, 5.41) is 7.55. The molecule has 9 aromatic carbocycles. The third-order valence-corrected chi connectivity index (χ3v) is 11.8. The molecule has 0 N–H and O–H groups in total. The van der Waals surface area contributed by atoms with Crippen LogP contribution in [0.2, 0.25) is 0 Å². The fourth-order valence-corrected chi connectivity index (χ4v) is 9.42. The van der Waals surface area contributed by atoms with Crippen molar-refractivity contribution in [3.05, 3.63) is 212 Å². The zero-order chi connectivity index (χ0) is 37.5. The second-order valence-electron chi connectivity index (χ2n) is 14.9. The van der Waals surface area contributed by atoms with Crippen LogP contribution >= 0.6 is 0 Å². The summed E-state index contributed by atoms with van der Waals surface area (Å²) in [7, 11) is 0. The van der Waals surface area contributed by atoms with Crippen molar-refractivity contribution in [2.45, 2.75) is 0 Å². The molecule has 3 nitrogen and oxygen atoms in total. The van der Waals surface area contributed by atoms with Gasteiger partial charge in [0.25, 0.3) is 0 Å². The topological polar surface area (TPSA) is 14.8 Å². The average molecular weight is 726 g/mol. The molecule has 0 aliphatic heterocycles. The highest BCUT2D eigenvalue weighted by atomic mass is 15.0. The van der Waals surface area contributed by atoms with E-state index in [9.17, 15) is 0 Å². The largest absolute Gasteiger partial charge is 0.309 e. The minimum absolute atomic E-state index is 1.15. The Morgan fingerprint density at radius 3 is 1.47 bits per heavy atom.